The van der Waals surface area contributed by atoms with Crippen molar-refractivity contribution in [2.24, 2.45) is 0 Å². The van der Waals surface area contributed by atoms with Crippen molar-refractivity contribution in [3.63, 3.8) is 0 Å². The summed E-state index contributed by atoms with van der Waals surface area (Å²) >= 11 is 0. The Bertz CT molecular complexity index is 949. The average Bonchev–Trinajstić information content (AvgIpc) is 2.78. The lowest BCUT2D eigenvalue weighted by atomic mass is 10.0. The van der Waals surface area contributed by atoms with Crippen molar-refractivity contribution in [2.75, 3.05) is 24.7 Å². The molecular weight excluding hydrogens is 426 g/mol. The minimum atomic E-state index is -0.936. The molecular formula is C23H31N5O5. The summed E-state index contributed by atoms with van der Waals surface area (Å²) in [5.74, 6) is -0.907. The van der Waals surface area contributed by atoms with Crippen LogP contribution in [0.15, 0.2) is 30.5 Å². The monoisotopic (exact) mass is 457 g/mol. The van der Waals surface area contributed by atoms with Crippen LogP contribution in [-0.2, 0) is 31.9 Å². The van der Waals surface area contributed by atoms with Crippen LogP contribution in [0.4, 0.5) is 11.8 Å². The summed E-state index contributed by atoms with van der Waals surface area (Å²) in [5.41, 5.74) is 13.7. The van der Waals surface area contributed by atoms with Gasteiger partial charge in [0.15, 0.2) is 0 Å². The van der Waals surface area contributed by atoms with Crippen LogP contribution in [-0.4, -0.2) is 47.1 Å². The topological polar surface area (TPSA) is 160 Å². The van der Waals surface area contributed by atoms with Crippen LogP contribution >= 0.6 is 0 Å². The number of aromatic nitrogens is 2. The van der Waals surface area contributed by atoms with E-state index in [4.69, 9.17) is 20.9 Å². The second-order valence-corrected chi connectivity index (χ2v) is 7.31. The summed E-state index contributed by atoms with van der Waals surface area (Å²) in [7, 11) is 0. The molecule has 10 nitrogen and oxygen atoms in total. The maximum atomic E-state index is 12.6. The first kappa shape index (κ1) is 25.6. The number of aryl methyl sites for hydroxylation is 2. The molecule has 2 rings (SSSR count). The van der Waals surface area contributed by atoms with E-state index in [1.165, 1.54) is 0 Å². The first-order valence-corrected chi connectivity index (χ1v) is 10.9. The number of rotatable bonds is 12. The van der Waals surface area contributed by atoms with Crippen LogP contribution in [0.1, 0.15) is 54.6 Å². The van der Waals surface area contributed by atoms with Crippen molar-refractivity contribution in [3.05, 3.63) is 47.2 Å². The number of ether oxygens (including phenoxy) is 2. The number of hydrogen-bond acceptors (Lipinski definition) is 9. The van der Waals surface area contributed by atoms with Crippen molar-refractivity contribution >= 4 is 29.6 Å². The Labute approximate surface area is 193 Å². The highest BCUT2D eigenvalue weighted by Crippen LogP contribution is 2.14. The zero-order chi connectivity index (χ0) is 24.2. The van der Waals surface area contributed by atoms with Gasteiger partial charge in [0.25, 0.3) is 5.91 Å². The van der Waals surface area contributed by atoms with Crippen LogP contribution in [0.25, 0.3) is 0 Å². The first-order chi connectivity index (χ1) is 15.8. The lowest BCUT2D eigenvalue weighted by molar-refractivity contribution is -0.146. The van der Waals surface area contributed by atoms with Gasteiger partial charge in [0.05, 0.1) is 13.2 Å². The van der Waals surface area contributed by atoms with Gasteiger partial charge in [-0.25, -0.2) is 9.78 Å². The molecule has 0 spiro atoms. The quantitative estimate of drug-likeness (QED) is 0.404. The van der Waals surface area contributed by atoms with Crippen LogP contribution in [0.3, 0.4) is 0 Å². The molecule has 0 unspecified atom stereocenters. The van der Waals surface area contributed by atoms with E-state index >= 15 is 0 Å². The van der Waals surface area contributed by atoms with Gasteiger partial charge in [-0.3, -0.25) is 9.59 Å². The molecule has 0 aliphatic rings. The molecule has 1 amide bonds. The summed E-state index contributed by atoms with van der Waals surface area (Å²) < 4.78 is 9.90. The van der Waals surface area contributed by atoms with Crippen molar-refractivity contribution < 1.29 is 23.9 Å². The maximum absolute atomic E-state index is 12.6. The summed E-state index contributed by atoms with van der Waals surface area (Å²) in [6, 6.07) is 6.16. The lowest BCUT2D eigenvalue weighted by Crippen LogP contribution is -2.42. The molecule has 0 saturated carbocycles. The van der Waals surface area contributed by atoms with Gasteiger partial charge in [-0.1, -0.05) is 12.1 Å². The third-order valence-corrected chi connectivity index (χ3v) is 4.86. The van der Waals surface area contributed by atoms with E-state index in [9.17, 15) is 14.4 Å². The van der Waals surface area contributed by atoms with Gasteiger partial charge in [0, 0.05) is 23.7 Å². The minimum Gasteiger partial charge on any atom is -0.466 e. The molecule has 33 heavy (non-hydrogen) atoms. The number of carbonyl (C=O) groups is 3. The minimum absolute atomic E-state index is 0.0000994. The average molecular weight is 458 g/mol. The summed E-state index contributed by atoms with van der Waals surface area (Å²) in [6.45, 7) is 3.81. The number of nitrogens with one attached hydrogen (secondary N) is 1. The summed E-state index contributed by atoms with van der Waals surface area (Å²) in [6.07, 6.45) is 4.03. The van der Waals surface area contributed by atoms with Gasteiger partial charge >= 0.3 is 11.9 Å². The highest BCUT2D eigenvalue weighted by molar-refractivity contribution is 5.96. The van der Waals surface area contributed by atoms with Gasteiger partial charge in [-0.05, 0) is 57.2 Å². The number of esters is 2. The van der Waals surface area contributed by atoms with Crippen molar-refractivity contribution in [1.29, 1.82) is 0 Å². The Hall–Kier alpha value is -3.69. The molecule has 0 aliphatic carbocycles. The SMILES string of the molecule is CCOC(=O)CC[C@H](NC(=O)c1ccc(CCCc2cnc(N)nc2N)cc1)C(=O)OCC. The fourth-order valence-corrected chi connectivity index (χ4v) is 3.16. The molecule has 0 aliphatic heterocycles. The number of amides is 1. The molecule has 1 atom stereocenters. The van der Waals surface area contributed by atoms with Crippen LogP contribution in [0, 0.1) is 0 Å². The van der Waals surface area contributed by atoms with Gasteiger partial charge in [-0.15, -0.1) is 0 Å². The van der Waals surface area contributed by atoms with Gasteiger partial charge in [-0.2, -0.15) is 4.98 Å². The van der Waals surface area contributed by atoms with E-state index in [-0.39, 0.29) is 32.0 Å². The van der Waals surface area contributed by atoms with Crippen molar-refractivity contribution in [2.45, 2.75) is 52.0 Å². The largest absolute Gasteiger partial charge is 0.466 e. The van der Waals surface area contributed by atoms with Gasteiger partial charge in [0.2, 0.25) is 5.95 Å². The van der Waals surface area contributed by atoms with E-state index in [2.05, 4.69) is 15.3 Å². The third-order valence-electron chi connectivity index (χ3n) is 4.86. The highest BCUT2D eigenvalue weighted by Gasteiger charge is 2.24. The van der Waals surface area contributed by atoms with E-state index < -0.39 is 23.9 Å². The molecule has 0 fully saturated rings. The number of benzene rings is 1. The molecule has 0 bridgehead atoms. The van der Waals surface area contributed by atoms with Crippen LogP contribution in [0.2, 0.25) is 0 Å². The number of hydrogen-bond donors (Lipinski definition) is 3. The number of nitrogens with two attached hydrogens (primary N) is 2. The smallest absolute Gasteiger partial charge is 0.328 e. The molecule has 1 aromatic carbocycles. The second-order valence-electron chi connectivity index (χ2n) is 7.31. The Morgan fingerprint density at radius 2 is 1.73 bits per heavy atom. The standard InChI is InChI=1S/C23H31N5O5/c1-3-32-19(29)13-12-18(22(31)33-4-2)27-21(30)16-10-8-15(9-11-16)6-5-7-17-14-26-23(25)28-20(17)24/h8-11,14,18H,3-7,12-13H2,1-2H3,(H,27,30)(H4,24,25,26,28)/t18-/m0/s1. The van der Waals surface area contributed by atoms with Crippen LogP contribution < -0.4 is 16.8 Å². The van der Waals surface area contributed by atoms with E-state index in [1.54, 1.807) is 32.2 Å². The second kappa shape index (κ2) is 13.0. The maximum Gasteiger partial charge on any atom is 0.328 e. The van der Waals surface area contributed by atoms with Gasteiger partial charge < -0.3 is 26.3 Å². The van der Waals surface area contributed by atoms with Gasteiger partial charge in [0.1, 0.15) is 11.9 Å². The summed E-state index contributed by atoms with van der Waals surface area (Å²) in [4.78, 5) is 44.4. The lowest BCUT2D eigenvalue weighted by Gasteiger charge is -2.17. The zero-order valence-corrected chi connectivity index (χ0v) is 19.0. The predicted octanol–water partition coefficient (Wildman–Crippen LogP) is 1.82. The number of anilines is 2. The van der Waals surface area contributed by atoms with E-state index in [1.807, 2.05) is 12.1 Å². The molecule has 2 aromatic rings. The number of carbonyl (C=O) groups excluding carboxylic acids is 3. The fraction of sp³-hybridized carbons (Fsp3) is 0.435. The van der Waals surface area contributed by atoms with E-state index in [0.29, 0.717) is 17.8 Å². The number of nitrogen functional groups attached to an aromatic ring is 2. The Kier molecular flexibility index (Phi) is 10.1. The third kappa shape index (κ3) is 8.40. The first-order valence-electron chi connectivity index (χ1n) is 10.9. The Morgan fingerprint density at radius 1 is 1.03 bits per heavy atom. The molecule has 0 saturated heterocycles. The molecule has 0 radical (unpaired) electrons. The molecule has 5 N–H and O–H groups in total. The summed E-state index contributed by atoms with van der Waals surface area (Å²) in [5, 5.41) is 2.65. The van der Waals surface area contributed by atoms with Crippen LogP contribution in [0.5, 0.6) is 0 Å². The fourth-order valence-electron chi connectivity index (χ4n) is 3.16. The molecule has 1 heterocycles. The molecule has 1 aromatic heterocycles. The molecule has 178 valence electrons. The Morgan fingerprint density at radius 3 is 2.36 bits per heavy atom. The van der Waals surface area contributed by atoms with E-state index in [0.717, 1.165) is 24.0 Å². The predicted molar refractivity (Wildman–Crippen MR) is 123 cm³/mol. The zero-order valence-electron chi connectivity index (χ0n) is 19.0. The van der Waals surface area contributed by atoms with Crippen molar-refractivity contribution in [1.82, 2.24) is 15.3 Å². The molecule has 10 heteroatoms. The number of nitrogens with zero attached hydrogens (tertiary/aromatic N) is 2. The highest BCUT2D eigenvalue weighted by atomic mass is 16.5. The normalized spacial score (nSPS) is 11.5. The van der Waals surface area contributed by atoms with Crippen molar-refractivity contribution in [3.8, 4) is 0 Å². The Balaban J connectivity index is 1.91.